The maximum Gasteiger partial charge on any atom is 0.211 e. The van der Waals surface area contributed by atoms with Crippen LogP contribution in [0.25, 0.3) is 12.2 Å². The first kappa shape index (κ1) is 19.9. The van der Waals surface area contributed by atoms with Crippen molar-refractivity contribution in [3.8, 4) is 0 Å². The van der Waals surface area contributed by atoms with Crippen molar-refractivity contribution in [1.29, 1.82) is 0 Å². The Kier molecular flexibility index (Phi) is 6.21. The SMILES string of the molecule is CCS(=O)(=O)NC1C=C(Cc2ncnc3c2=CC(OC)C(OC)C=3)C=CC1. The third-order valence-electron chi connectivity index (χ3n) is 4.74. The molecular weight excluding hydrogens is 366 g/mol. The first-order valence-corrected chi connectivity index (χ1v) is 10.6. The van der Waals surface area contributed by atoms with E-state index >= 15 is 0 Å². The van der Waals surface area contributed by atoms with Gasteiger partial charge in [-0.15, -0.1) is 0 Å². The minimum Gasteiger partial charge on any atom is -0.374 e. The summed E-state index contributed by atoms with van der Waals surface area (Å²) >= 11 is 0. The molecule has 0 aromatic carbocycles. The van der Waals surface area contributed by atoms with E-state index in [1.165, 1.54) is 0 Å². The molecule has 0 aliphatic heterocycles. The number of sulfonamides is 1. The zero-order chi connectivity index (χ0) is 19.4. The van der Waals surface area contributed by atoms with Gasteiger partial charge in [0.1, 0.15) is 18.5 Å². The Labute approximate surface area is 159 Å². The van der Waals surface area contributed by atoms with Crippen LogP contribution in [-0.2, 0) is 25.9 Å². The van der Waals surface area contributed by atoms with Gasteiger partial charge in [0.05, 0.1) is 16.8 Å². The van der Waals surface area contributed by atoms with E-state index in [2.05, 4.69) is 14.7 Å². The number of methoxy groups -OCH3 is 2. The molecule has 3 atom stereocenters. The smallest absolute Gasteiger partial charge is 0.211 e. The number of rotatable bonds is 7. The predicted molar refractivity (Wildman–Crippen MR) is 104 cm³/mol. The van der Waals surface area contributed by atoms with Crippen LogP contribution in [0.4, 0.5) is 0 Å². The van der Waals surface area contributed by atoms with E-state index in [9.17, 15) is 8.42 Å². The molecule has 0 amide bonds. The van der Waals surface area contributed by atoms with Crippen LogP contribution in [0.1, 0.15) is 19.0 Å². The number of hydrogen-bond donors (Lipinski definition) is 1. The van der Waals surface area contributed by atoms with Gasteiger partial charge >= 0.3 is 0 Å². The minimum atomic E-state index is -3.25. The van der Waals surface area contributed by atoms with Gasteiger partial charge in [0, 0.05) is 31.9 Å². The molecule has 0 saturated heterocycles. The molecule has 0 bridgehead atoms. The van der Waals surface area contributed by atoms with E-state index in [0.717, 1.165) is 21.8 Å². The third kappa shape index (κ3) is 4.70. The van der Waals surface area contributed by atoms with Gasteiger partial charge in [-0.05, 0) is 31.1 Å². The van der Waals surface area contributed by atoms with Crippen molar-refractivity contribution >= 4 is 22.2 Å². The second kappa shape index (κ2) is 8.43. The number of ether oxygens (including phenoxy) is 2. The zero-order valence-corrected chi connectivity index (χ0v) is 16.6. The molecule has 2 aliphatic carbocycles. The fourth-order valence-electron chi connectivity index (χ4n) is 3.27. The van der Waals surface area contributed by atoms with Crippen molar-refractivity contribution in [2.24, 2.45) is 0 Å². The van der Waals surface area contributed by atoms with Crippen LogP contribution in [-0.4, -0.2) is 56.6 Å². The molecule has 3 unspecified atom stereocenters. The molecule has 0 spiro atoms. The van der Waals surface area contributed by atoms with Crippen LogP contribution in [0.5, 0.6) is 0 Å². The van der Waals surface area contributed by atoms with Gasteiger partial charge in [-0.1, -0.05) is 18.2 Å². The molecule has 146 valence electrons. The summed E-state index contributed by atoms with van der Waals surface area (Å²) < 4.78 is 37.3. The fraction of sp³-hybridized carbons (Fsp3) is 0.474. The summed E-state index contributed by atoms with van der Waals surface area (Å²) in [7, 11) is 0.0421. The van der Waals surface area contributed by atoms with E-state index < -0.39 is 10.0 Å². The Bertz CT molecular complexity index is 969. The summed E-state index contributed by atoms with van der Waals surface area (Å²) in [6, 6.07) is -0.229. The summed E-state index contributed by atoms with van der Waals surface area (Å²) in [6.45, 7) is 1.63. The highest BCUT2D eigenvalue weighted by Crippen LogP contribution is 2.15. The van der Waals surface area contributed by atoms with Crippen LogP contribution >= 0.6 is 0 Å². The predicted octanol–water partition coefficient (Wildman–Crippen LogP) is -0.182. The van der Waals surface area contributed by atoms with Crippen LogP contribution < -0.4 is 15.3 Å². The van der Waals surface area contributed by atoms with Crippen molar-refractivity contribution in [1.82, 2.24) is 14.7 Å². The molecule has 1 heterocycles. The monoisotopic (exact) mass is 391 g/mol. The normalized spacial score (nSPS) is 24.6. The number of allylic oxidation sites excluding steroid dienone is 2. The average molecular weight is 391 g/mol. The van der Waals surface area contributed by atoms with Gasteiger partial charge in [0.15, 0.2) is 0 Å². The molecule has 0 radical (unpaired) electrons. The van der Waals surface area contributed by atoms with Gasteiger partial charge < -0.3 is 9.47 Å². The lowest BCUT2D eigenvalue weighted by molar-refractivity contribution is 0.0303. The second-order valence-corrected chi connectivity index (χ2v) is 8.58. The molecule has 1 aromatic heterocycles. The summed E-state index contributed by atoms with van der Waals surface area (Å²) in [4.78, 5) is 8.80. The molecule has 8 heteroatoms. The first-order valence-electron chi connectivity index (χ1n) is 8.92. The van der Waals surface area contributed by atoms with E-state index in [4.69, 9.17) is 9.47 Å². The Morgan fingerprint density at radius 2 is 1.89 bits per heavy atom. The minimum absolute atomic E-state index is 0.0691. The standard InChI is InChI=1S/C19H25N3O4S/c1-4-27(23,24)22-14-7-5-6-13(8-14)9-16-15-10-18(25-2)19(26-3)11-17(15)21-12-20-16/h5-6,8,10-12,14,18-19,22H,4,7,9H2,1-3H3. The number of nitrogens with one attached hydrogen (secondary N) is 1. The lowest BCUT2D eigenvalue weighted by atomic mass is 9.97. The van der Waals surface area contributed by atoms with Crippen molar-refractivity contribution in [2.75, 3.05) is 20.0 Å². The molecule has 2 aliphatic rings. The molecule has 7 nitrogen and oxygen atoms in total. The Morgan fingerprint density at radius 3 is 2.59 bits per heavy atom. The fourth-order valence-corrected chi connectivity index (χ4v) is 4.06. The quantitative estimate of drug-likeness (QED) is 0.693. The van der Waals surface area contributed by atoms with Crippen molar-refractivity contribution in [3.05, 3.63) is 46.4 Å². The highest BCUT2D eigenvalue weighted by atomic mass is 32.2. The lowest BCUT2D eigenvalue weighted by Crippen LogP contribution is -2.43. The third-order valence-corrected chi connectivity index (χ3v) is 6.16. The van der Waals surface area contributed by atoms with E-state index in [-0.39, 0.29) is 24.0 Å². The number of hydrogen-bond acceptors (Lipinski definition) is 6. The number of fused-ring (bicyclic) bond motifs is 1. The maximum absolute atomic E-state index is 11.8. The van der Waals surface area contributed by atoms with Crippen LogP contribution in [0, 0.1) is 0 Å². The topological polar surface area (TPSA) is 90.4 Å². The first-order chi connectivity index (χ1) is 13.0. The summed E-state index contributed by atoms with van der Waals surface area (Å²) in [6.07, 6.45) is 12.3. The largest absolute Gasteiger partial charge is 0.374 e. The summed E-state index contributed by atoms with van der Waals surface area (Å²) in [5.74, 6) is 0.0691. The summed E-state index contributed by atoms with van der Waals surface area (Å²) in [5, 5.41) is 1.76. The van der Waals surface area contributed by atoms with Crippen molar-refractivity contribution in [3.63, 3.8) is 0 Å². The van der Waals surface area contributed by atoms with Crippen LogP contribution in [0.3, 0.4) is 0 Å². The average Bonchev–Trinajstić information content (AvgIpc) is 2.67. The second-order valence-electron chi connectivity index (χ2n) is 6.54. The maximum atomic E-state index is 11.8. The highest BCUT2D eigenvalue weighted by Gasteiger charge is 2.21. The molecule has 1 aromatic rings. The number of nitrogens with zero attached hydrogens (tertiary/aromatic N) is 2. The van der Waals surface area contributed by atoms with Crippen molar-refractivity contribution in [2.45, 2.75) is 38.0 Å². The van der Waals surface area contributed by atoms with E-state index in [0.29, 0.717) is 12.8 Å². The molecule has 27 heavy (non-hydrogen) atoms. The van der Waals surface area contributed by atoms with Crippen LogP contribution in [0.2, 0.25) is 0 Å². The summed E-state index contributed by atoms with van der Waals surface area (Å²) in [5.41, 5.74) is 1.89. The van der Waals surface area contributed by atoms with Crippen LogP contribution in [0.15, 0.2) is 30.1 Å². The molecule has 0 saturated carbocycles. The lowest BCUT2D eigenvalue weighted by Gasteiger charge is -2.22. The van der Waals surface area contributed by atoms with Gasteiger partial charge in [-0.25, -0.2) is 23.1 Å². The molecule has 0 fully saturated rings. The van der Waals surface area contributed by atoms with Gasteiger partial charge in [0.25, 0.3) is 0 Å². The molecular formula is C19H25N3O4S. The van der Waals surface area contributed by atoms with E-state index in [1.54, 1.807) is 27.5 Å². The Hall–Kier alpha value is -1.87. The van der Waals surface area contributed by atoms with Crippen molar-refractivity contribution < 1.29 is 17.9 Å². The highest BCUT2D eigenvalue weighted by molar-refractivity contribution is 7.89. The van der Waals surface area contributed by atoms with Gasteiger partial charge in [-0.2, -0.15) is 0 Å². The zero-order valence-electron chi connectivity index (χ0n) is 15.8. The molecule has 3 rings (SSSR count). The van der Waals surface area contributed by atoms with Gasteiger partial charge in [-0.3, -0.25) is 0 Å². The number of aromatic nitrogens is 2. The van der Waals surface area contributed by atoms with Gasteiger partial charge in [0.2, 0.25) is 10.0 Å². The Balaban J connectivity index is 1.89. The Morgan fingerprint density at radius 1 is 1.15 bits per heavy atom. The van der Waals surface area contributed by atoms with E-state index in [1.807, 2.05) is 30.4 Å². The molecule has 1 N–H and O–H groups in total.